The van der Waals surface area contributed by atoms with Crippen molar-refractivity contribution >= 4 is 46.6 Å². The van der Waals surface area contributed by atoms with Gasteiger partial charge in [0, 0.05) is 36.6 Å². The number of thioether (sulfide) groups is 2. The van der Waals surface area contributed by atoms with E-state index in [1.165, 1.54) is 35.4 Å². The number of hydrogen-bond donors (Lipinski definition) is 0. The Bertz CT molecular complexity index is 2530. The molecule has 0 spiro atoms. The van der Waals surface area contributed by atoms with Crippen molar-refractivity contribution in [3.05, 3.63) is 190 Å². The number of nitrogens with zero attached hydrogens (tertiary/aromatic N) is 6. The normalized spacial score (nSPS) is 22.6. The number of methoxy groups -OCH3 is 2. The van der Waals surface area contributed by atoms with Gasteiger partial charge in [-0.05, 0) is 115 Å². The summed E-state index contributed by atoms with van der Waals surface area (Å²) in [6.07, 6.45) is 0.675. The molecule has 0 aromatic heterocycles. The highest BCUT2D eigenvalue weighted by Crippen LogP contribution is 2.57. The molecule has 2 saturated heterocycles. The maximum atomic E-state index is 14.1. The molecule has 6 atom stereocenters. The second kappa shape index (κ2) is 16.6. The molecule has 0 saturated carbocycles. The van der Waals surface area contributed by atoms with Crippen LogP contribution < -0.4 is 19.3 Å². The Labute approximate surface area is 376 Å². The lowest BCUT2D eigenvalue weighted by molar-refractivity contribution is 0.293. The summed E-state index contributed by atoms with van der Waals surface area (Å²) in [5, 5.41) is 14.0. The Morgan fingerprint density at radius 2 is 0.905 bits per heavy atom. The van der Waals surface area contributed by atoms with E-state index in [4.69, 9.17) is 19.7 Å². The fourth-order valence-corrected chi connectivity index (χ4v) is 12.8. The minimum atomic E-state index is -0.254. The van der Waals surface area contributed by atoms with Gasteiger partial charge in [0.2, 0.25) is 0 Å². The first kappa shape index (κ1) is 41.1. The largest absolute Gasteiger partial charge is 0.496 e. The van der Waals surface area contributed by atoms with Crippen molar-refractivity contribution in [1.82, 2.24) is 10.0 Å². The predicted octanol–water partition coefficient (Wildman–Crippen LogP) is 11.4. The van der Waals surface area contributed by atoms with Crippen molar-refractivity contribution in [2.75, 3.05) is 38.1 Å². The average molecular weight is 879 g/mol. The Balaban J connectivity index is 1.01. The van der Waals surface area contributed by atoms with Crippen LogP contribution >= 0.6 is 23.5 Å². The monoisotopic (exact) mass is 878 g/mol. The van der Waals surface area contributed by atoms with Crippen molar-refractivity contribution in [2.24, 2.45) is 10.2 Å². The van der Waals surface area contributed by atoms with E-state index in [9.17, 15) is 8.78 Å². The average Bonchev–Trinajstić information content (AvgIpc) is 4.02. The number of halogens is 2. The number of aryl methyl sites for hydroxylation is 2. The molecular weight excluding hydrogens is 831 g/mol. The summed E-state index contributed by atoms with van der Waals surface area (Å²) in [5.74, 6) is 3.03. The van der Waals surface area contributed by atoms with E-state index in [0.29, 0.717) is 6.42 Å². The van der Waals surface area contributed by atoms with Crippen LogP contribution in [0.2, 0.25) is 0 Å². The number of hydrogen-bond acceptors (Lipinski definition) is 10. The lowest BCUT2D eigenvalue weighted by Gasteiger charge is -2.29. The highest BCUT2D eigenvalue weighted by molar-refractivity contribution is 8.01. The summed E-state index contributed by atoms with van der Waals surface area (Å²) in [5.41, 5.74) is 10.9. The second-order valence-electron chi connectivity index (χ2n) is 16.6. The third-order valence-electron chi connectivity index (χ3n) is 12.5. The van der Waals surface area contributed by atoms with E-state index < -0.39 is 0 Å². The molecule has 12 heteroatoms. The first-order valence-corrected chi connectivity index (χ1v) is 23.0. The molecule has 4 aliphatic heterocycles. The van der Waals surface area contributed by atoms with Crippen LogP contribution in [-0.4, -0.2) is 60.5 Å². The van der Waals surface area contributed by atoms with Crippen LogP contribution in [0.15, 0.2) is 144 Å². The van der Waals surface area contributed by atoms with Crippen LogP contribution in [-0.2, 0) is 6.42 Å². The van der Waals surface area contributed by atoms with Gasteiger partial charge < -0.3 is 19.3 Å². The number of amidine groups is 2. The van der Waals surface area contributed by atoms with E-state index in [-0.39, 0.29) is 45.0 Å². The molecule has 63 heavy (non-hydrogen) atoms. The van der Waals surface area contributed by atoms with Crippen LogP contribution in [0.4, 0.5) is 20.2 Å². The van der Waals surface area contributed by atoms with Gasteiger partial charge >= 0.3 is 0 Å². The van der Waals surface area contributed by atoms with Gasteiger partial charge in [0.1, 0.15) is 45.6 Å². The molecule has 6 unspecified atom stereocenters. The van der Waals surface area contributed by atoms with Crippen LogP contribution in [0.3, 0.4) is 0 Å². The van der Waals surface area contributed by atoms with Gasteiger partial charge in [-0.1, -0.05) is 71.8 Å². The quantitative estimate of drug-likeness (QED) is 0.135. The van der Waals surface area contributed by atoms with Crippen LogP contribution in [0.5, 0.6) is 11.5 Å². The van der Waals surface area contributed by atoms with Crippen LogP contribution in [0.1, 0.15) is 67.3 Å². The second-order valence-corrected chi connectivity index (χ2v) is 19.1. The van der Waals surface area contributed by atoms with E-state index in [0.717, 1.165) is 67.9 Å². The maximum Gasteiger partial charge on any atom is 0.146 e. The summed E-state index contributed by atoms with van der Waals surface area (Å²) >= 11 is 3.70. The smallest absolute Gasteiger partial charge is 0.146 e. The minimum absolute atomic E-state index is 0.00352. The van der Waals surface area contributed by atoms with E-state index >= 15 is 0 Å². The Kier molecular flexibility index (Phi) is 10.8. The van der Waals surface area contributed by atoms with E-state index in [2.05, 4.69) is 109 Å². The molecule has 4 heterocycles. The molecule has 6 aromatic rings. The summed E-state index contributed by atoms with van der Waals surface area (Å²) in [6, 6.07) is 43.7. The van der Waals surface area contributed by atoms with Gasteiger partial charge in [-0.15, -0.1) is 23.5 Å². The van der Waals surface area contributed by atoms with Crippen LogP contribution in [0.25, 0.3) is 0 Å². The molecule has 0 amide bonds. The topological polar surface area (TPSA) is 56.1 Å². The zero-order chi connectivity index (χ0) is 43.5. The molecule has 320 valence electrons. The molecule has 0 radical (unpaired) electrons. The Morgan fingerprint density at radius 1 is 0.524 bits per heavy atom. The summed E-state index contributed by atoms with van der Waals surface area (Å²) in [4.78, 5) is 4.68. The van der Waals surface area contributed by atoms with Gasteiger partial charge in [0.25, 0.3) is 0 Å². The number of hydrazone groups is 2. The van der Waals surface area contributed by atoms with Crippen molar-refractivity contribution in [2.45, 2.75) is 53.6 Å². The number of fused-ring (bicyclic) bond motifs is 2. The molecule has 0 N–H and O–H groups in total. The lowest BCUT2D eigenvalue weighted by Crippen LogP contribution is -2.31. The fraction of sp³-hybridized carbons (Fsp3) is 0.255. The van der Waals surface area contributed by atoms with E-state index in [1.807, 2.05) is 71.9 Å². The molecule has 0 bridgehead atoms. The van der Waals surface area contributed by atoms with Crippen molar-refractivity contribution in [1.29, 1.82) is 0 Å². The first-order valence-electron chi connectivity index (χ1n) is 21.1. The van der Waals surface area contributed by atoms with Crippen molar-refractivity contribution < 1.29 is 18.3 Å². The third kappa shape index (κ3) is 7.46. The number of rotatable bonds is 10. The van der Waals surface area contributed by atoms with Gasteiger partial charge in [0.15, 0.2) is 0 Å². The molecule has 6 aromatic carbocycles. The lowest BCUT2D eigenvalue weighted by atomic mass is 9.99. The zero-order valence-corrected chi connectivity index (χ0v) is 37.6. The fourth-order valence-electron chi connectivity index (χ4n) is 9.40. The van der Waals surface area contributed by atoms with Crippen molar-refractivity contribution in [3.63, 3.8) is 0 Å². The molecular formula is C51H48F2N6O2S2. The highest BCUT2D eigenvalue weighted by atomic mass is 32.2. The maximum absolute atomic E-state index is 14.1. The molecule has 0 aliphatic carbocycles. The zero-order valence-electron chi connectivity index (χ0n) is 35.9. The van der Waals surface area contributed by atoms with Gasteiger partial charge in [-0.3, -0.25) is 10.0 Å². The number of benzene rings is 6. The standard InChI is InChI=1S/C51H48F2N6O2S2/c1-30-7-21-38(22-8-30)58-48-46(44(56(3)54-48)34-13-17-36(52)18-14-34)62-50(58)40-28-32(11-25-42(40)60-5)27-33-12-26-43(61-6)41(29-33)51-59(39-23-9-31(2)10-24-39)49-47(63-51)45(57(4)55-49)35-15-19-37(53)20-16-35/h7-26,28-29,44-47,50-51H,27H2,1-6H3. The summed E-state index contributed by atoms with van der Waals surface area (Å²) in [7, 11) is 7.46. The van der Waals surface area contributed by atoms with Gasteiger partial charge in [0.05, 0.1) is 36.8 Å². The van der Waals surface area contributed by atoms with E-state index in [1.54, 1.807) is 14.2 Å². The molecule has 10 rings (SSSR count). The number of ether oxygens (including phenoxy) is 2. The van der Waals surface area contributed by atoms with Crippen LogP contribution in [0, 0.1) is 25.5 Å². The predicted molar refractivity (Wildman–Crippen MR) is 253 cm³/mol. The SMILES string of the molecule is COc1ccc(Cc2ccc(OC)c(C3SC4C(=NN(C)C4c4ccc(F)cc4)N3c3ccc(C)cc3)c2)cc1C1SC2C(=NN(C)C2c2ccc(F)cc2)N1c1ccc(C)cc1. The Morgan fingerprint density at radius 3 is 1.27 bits per heavy atom. The molecule has 2 fully saturated rings. The minimum Gasteiger partial charge on any atom is -0.496 e. The first-order chi connectivity index (χ1) is 30.6. The number of anilines is 2. The van der Waals surface area contributed by atoms with Crippen molar-refractivity contribution in [3.8, 4) is 11.5 Å². The summed E-state index contributed by atoms with van der Waals surface area (Å²) < 4.78 is 40.4. The Hall–Kier alpha value is -5.98. The summed E-state index contributed by atoms with van der Waals surface area (Å²) in [6.45, 7) is 4.19. The third-order valence-corrected chi connectivity index (χ3v) is 15.5. The molecule has 4 aliphatic rings. The highest BCUT2D eigenvalue weighted by Gasteiger charge is 2.52. The van der Waals surface area contributed by atoms with Gasteiger partial charge in [-0.25, -0.2) is 8.78 Å². The molecule has 8 nitrogen and oxygen atoms in total. The van der Waals surface area contributed by atoms with Gasteiger partial charge in [-0.2, -0.15) is 10.2 Å².